The summed E-state index contributed by atoms with van der Waals surface area (Å²) in [6, 6.07) is 25.4. The van der Waals surface area contributed by atoms with Gasteiger partial charge < -0.3 is 29.2 Å². The summed E-state index contributed by atoms with van der Waals surface area (Å²) < 4.78 is 5.74. The zero-order valence-corrected chi connectivity index (χ0v) is 17.1. The molecule has 1 radical (unpaired) electrons. The fourth-order valence-electron chi connectivity index (χ4n) is 2.84. The van der Waals surface area contributed by atoms with Crippen LogP contribution in [0.2, 0.25) is 0 Å². The quantitative estimate of drug-likeness (QED) is 0.399. The van der Waals surface area contributed by atoms with E-state index in [9.17, 15) is 0 Å². The van der Waals surface area contributed by atoms with Crippen LogP contribution in [0.1, 0.15) is 5.76 Å². The molecule has 4 rings (SSSR count). The molecule has 0 fully saturated rings. The van der Waals surface area contributed by atoms with Gasteiger partial charge in [-0.1, -0.05) is 53.6 Å². The van der Waals surface area contributed by atoms with E-state index in [-0.39, 0.29) is 51.0 Å². The minimum atomic E-state index is 0. The number of rotatable bonds is 2. The van der Waals surface area contributed by atoms with Crippen molar-refractivity contribution < 1.29 is 55.4 Å². The van der Waals surface area contributed by atoms with Crippen LogP contribution in [0.15, 0.2) is 77.2 Å². The third-order valence-corrected chi connectivity index (χ3v) is 3.86. The predicted octanol–water partition coefficient (Wildman–Crippen LogP) is -0.200. The molecule has 1 aromatic heterocycles. The molecular formula is C20H15Cl2OZr. The van der Waals surface area contributed by atoms with Crippen LogP contribution in [-0.4, -0.2) is 0 Å². The minimum Gasteiger partial charge on any atom is -1.00 e. The Labute approximate surface area is 173 Å². The van der Waals surface area contributed by atoms with Gasteiger partial charge in [0.05, 0.1) is 11.5 Å². The first-order valence-electron chi connectivity index (χ1n) is 7.13. The van der Waals surface area contributed by atoms with E-state index in [0.29, 0.717) is 0 Å². The number of hydrogen-bond donors (Lipinski definition) is 0. The molecule has 0 spiro atoms. The molecule has 24 heavy (non-hydrogen) atoms. The Morgan fingerprint density at radius 3 is 2.25 bits per heavy atom. The summed E-state index contributed by atoms with van der Waals surface area (Å²) in [5.74, 6) is 1.88. The SMILES string of the molecule is Cc1ccc(-c2cc3c(-c4ccccc4)cccc3[cH-]2)o1.[Cl-].[Cl-].[Zr+3]. The largest absolute Gasteiger partial charge is 3.00 e. The maximum absolute atomic E-state index is 5.74. The summed E-state index contributed by atoms with van der Waals surface area (Å²) in [4.78, 5) is 0. The number of halogens is 2. The van der Waals surface area contributed by atoms with Crippen LogP contribution in [0.5, 0.6) is 0 Å². The molecule has 0 unspecified atom stereocenters. The third-order valence-electron chi connectivity index (χ3n) is 3.86. The fraction of sp³-hybridized carbons (Fsp3) is 0.0500. The molecule has 4 heteroatoms. The van der Waals surface area contributed by atoms with Gasteiger partial charge in [-0.3, -0.25) is 0 Å². The molecule has 1 heterocycles. The molecule has 4 aromatic rings. The van der Waals surface area contributed by atoms with Gasteiger partial charge in [-0.05, 0) is 24.6 Å². The molecule has 1 nitrogen and oxygen atoms in total. The fourth-order valence-corrected chi connectivity index (χ4v) is 2.84. The second kappa shape index (κ2) is 8.76. The smallest absolute Gasteiger partial charge is 1.00 e. The van der Waals surface area contributed by atoms with Crippen molar-refractivity contribution in [3.63, 3.8) is 0 Å². The average Bonchev–Trinajstić information content (AvgIpc) is 3.13. The molecule has 0 N–H and O–H groups in total. The second-order valence-electron chi connectivity index (χ2n) is 5.33. The number of furan rings is 1. The number of benzene rings is 2. The molecular weight excluding hydrogens is 418 g/mol. The van der Waals surface area contributed by atoms with Gasteiger partial charge in [-0.25, -0.2) is 0 Å². The van der Waals surface area contributed by atoms with E-state index in [1.807, 2.05) is 25.1 Å². The van der Waals surface area contributed by atoms with E-state index >= 15 is 0 Å². The van der Waals surface area contributed by atoms with Crippen molar-refractivity contribution in [3.05, 3.63) is 78.6 Å². The summed E-state index contributed by atoms with van der Waals surface area (Å²) in [5, 5.41) is 2.52. The van der Waals surface area contributed by atoms with Crippen LogP contribution < -0.4 is 24.8 Å². The van der Waals surface area contributed by atoms with E-state index in [0.717, 1.165) is 17.1 Å². The van der Waals surface area contributed by atoms with Crippen molar-refractivity contribution in [1.82, 2.24) is 0 Å². The van der Waals surface area contributed by atoms with Gasteiger partial charge in [-0.15, -0.1) is 29.0 Å². The van der Waals surface area contributed by atoms with Crippen LogP contribution in [0, 0.1) is 6.92 Å². The van der Waals surface area contributed by atoms with E-state index in [1.54, 1.807) is 0 Å². The Hall–Kier alpha value is -1.21. The second-order valence-corrected chi connectivity index (χ2v) is 5.33. The monoisotopic (exact) mass is 431 g/mol. The summed E-state index contributed by atoms with van der Waals surface area (Å²) >= 11 is 0. The molecule has 0 aliphatic rings. The van der Waals surface area contributed by atoms with Gasteiger partial charge in [0, 0.05) is 0 Å². The van der Waals surface area contributed by atoms with Gasteiger partial charge in [-0.2, -0.15) is 0 Å². The Morgan fingerprint density at radius 1 is 0.833 bits per heavy atom. The molecule has 0 atom stereocenters. The van der Waals surface area contributed by atoms with Gasteiger partial charge in [0.15, 0.2) is 0 Å². The molecule has 0 aliphatic carbocycles. The summed E-state index contributed by atoms with van der Waals surface area (Å²) in [6.45, 7) is 1.97. The van der Waals surface area contributed by atoms with Crippen molar-refractivity contribution in [2.75, 3.05) is 0 Å². The summed E-state index contributed by atoms with van der Waals surface area (Å²) in [5.41, 5.74) is 3.65. The topological polar surface area (TPSA) is 13.1 Å². The first-order valence-corrected chi connectivity index (χ1v) is 7.13. The Bertz CT molecular complexity index is 910. The van der Waals surface area contributed by atoms with E-state index < -0.39 is 0 Å². The summed E-state index contributed by atoms with van der Waals surface area (Å²) in [7, 11) is 0. The molecule has 0 saturated carbocycles. The number of fused-ring (bicyclic) bond motifs is 1. The van der Waals surface area contributed by atoms with Crippen molar-refractivity contribution in [2.45, 2.75) is 6.92 Å². The van der Waals surface area contributed by atoms with Crippen molar-refractivity contribution in [1.29, 1.82) is 0 Å². The predicted molar refractivity (Wildman–Crippen MR) is 87.4 cm³/mol. The van der Waals surface area contributed by atoms with Gasteiger partial charge in [0.25, 0.3) is 0 Å². The van der Waals surface area contributed by atoms with Gasteiger partial charge in [0.2, 0.25) is 0 Å². The van der Waals surface area contributed by atoms with Crippen molar-refractivity contribution in [2.24, 2.45) is 0 Å². The van der Waals surface area contributed by atoms with Gasteiger partial charge in [0.1, 0.15) is 0 Å². The Balaban J connectivity index is 0.000000960. The molecule has 0 amide bonds. The van der Waals surface area contributed by atoms with Crippen molar-refractivity contribution >= 4 is 10.8 Å². The average molecular weight is 433 g/mol. The number of aryl methyl sites for hydroxylation is 1. The van der Waals surface area contributed by atoms with Crippen LogP contribution in [0.25, 0.3) is 33.2 Å². The van der Waals surface area contributed by atoms with Crippen LogP contribution in [-0.2, 0) is 26.2 Å². The first-order chi connectivity index (χ1) is 10.3. The first kappa shape index (κ1) is 20.8. The third kappa shape index (κ3) is 3.88. The zero-order chi connectivity index (χ0) is 14.2. The van der Waals surface area contributed by atoms with Crippen LogP contribution >= 0.6 is 0 Å². The maximum Gasteiger partial charge on any atom is 3.00 e. The van der Waals surface area contributed by atoms with E-state index in [1.165, 1.54) is 21.9 Å². The van der Waals surface area contributed by atoms with Crippen LogP contribution in [0.3, 0.4) is 0 Å². The Kier molecular flexibility index (Phi) is 7.61. The van der Waals surface area contributed by atoms with E-state index in [4.69, 9.17) is 4.42 Å². The molecule has 3 aromatic carbocycles. The maximum atomic E-state index is 5.74. The van der Waals surface area contributed by atoms with Crippen molar-refractivity contribution in [3.8, 4) is 22.5 Å². The molecule has 0 bridgehead atoms. The molecule has 119 valence electrons. The minimum absolute atomic E-state index is 0. The van der Waals surface area contributed by atoms with Gasteiger partial charge >= 0.3 is 26.2 Å². The number of hydrogen-bond acceptors (Lipinski definition) is 1. The standard InChI is InChI=1S/C20H15O.2ClH.Zr/c1-14-10-11-20(21-14)17-12-16-8-5-9-18(19(16)13-17)15-6-3-2-4-7-15;;;/h2-13H,1H3;2*1H;/q-1;;;+3/p-2. The van der Waals surface area contributed by atoms with Crippen LogP contribution in [0.4, 0.5) is 0 Å². The normalized spacial score (nSPS) is 9.71. The summed E-state index contributed by atoms with van der Waals surface area (Å²) in [6.07, 6.45) is 0. The molecule has 0 saturated heterocycles. The zero-order valence-electron chi connectivity index (χ0n) is 13.1. The Morgan fingerprint density at radius 2 is 1.58 bits per heavy atom. The van der Waals surface area contributed by atoms with E-state index in [2.05, 4.69) is 54.6 Å². The molecule has 0 aliphatic heterocycles.